The number of rotatable bonds is 56. The Balaban J connectivity index is 3.91. The molecule has 0 rings (SSSR count). The maximum absolute atomic E-state index is 12.7. The van der Waals surface area contributed by atoms with E-state index < -0.39 is 26.5 Å². The van der Waals surface area contributed by atoms with E-state index in [9.17, 15) is 19.0 Å². The number of nitrogens with two attached hydrogens (primary N) is 1. The van der Waals surface area contributed by atoms with Crippen molar-refractivity contribution in [2.75, 3.05) is 26.4 Å². The van der Waals surface area contributed by atoms with Crippen molar-refractivity contribution in [3.8, 4) is 0 Å². The van der Waals surface area contributed by atoms with E-state index in [0.29, 0.717) is 6.42 Å². The zero-order chi connectivity index (χ0) is 54.5. The molecule has 0 amide bonds. The quantitative estimate of drug-likeness (QED) is 0.0264. The van der Waals surface area contributed by atoms with E-state index in [1.165, 1.54) is 122 Å². The van der Waals surface area contributed by atoms with Crippen molar-refractivity contribution in [2.45, 2.75) is 264 Å². The number of hydrogen-bond donors (Lipinski definition) is 2. The highest BCUT2D eigenvalue weighted by molar-refractivity contribution is 7.47. The number of phosphoric acid groups is 1. The Morgan fingerprint density at radius 1 is 0.413 bits per heavy atom. The first kappa shape index (κ1) is 71.7. The van der Waals surface area contributed by atoms with Gasteiger partial charge in [0.15, 0.2) is 6.10 Å². The minimum atomic E-state index is -4.39. The van der Waals surface area contributed by atoms with Crippen LogP contribution in [0.25, 0.3) is 0 Å². The molecule has 0 spiro atoms. The summed E-state index contributed by atoms with van der Waals surface area (Å²) < 4.78 is 33.0. The van der Waals surface area contributed by atoms with Crippen molar-refractivity contribution in [1.82, 2.24) is 0 Å². The molecule has 0 aromatic rings. The first-order valence-electron chi connectivity index (χ1n) is 30.4. The third-order valence-corrected chi connectivity index (χ3v) is 13.6. The summed E-state index contributed by atoms with van der Waals surface area (Å²) in [6.45, 7) is 3.60. The van der Waals surface area contributed by atoms with Gasteiger partial charge in [0.05, 0.1) is 13.2 Å². The van der Waals surface area contributed by atoms with Gasteiger partial charge >= 0.3 is 19.8 Å². The topological polar surface area (TPSA) is 134 Å². The van der Waals surface area contributed by atoms with Crippen LogP contribution in [0.3, 0.4) is 0 Å². The van der Waals surface area contributed by atoms with Gasteiger partial charge in [0.25, 0.3) is 0 Å². The molecule has 75 heavy (non-hydrogen) atoms. The second kappa shape index (κ2) is 59.9. The van der Waals surface area contributed by atoms with E-state index in [2.05, 4.69) is 123 Å². The highest BCUT2D eigenvalue weighted by atomic mass is 31.2. The van der Waals surface area contributed by atoms with Crippen LogP contribution >= 0.6 is 7.82 Å². The van der Waals surface area contributed by atoms with E-state index in [1.54, 1.807) is 0 Å². The van der Waals surface area contributed by atoms with Crippen molar-refractivity contribution in [3.63, 3.8) is 0 Å². The van der Waals surface area contributed by atoms with E-state index in [0.717, 1.165) is 103 Å². The molecule has 10 heteroatoms. The lowest BCUT2D eigenvalue weighted by molar-refractivity contribution is -0.161. The number of hydrogen-bond acceptors (Lipinski definition) is 8. The monoisotopic (exact) mass is 1070 g/mol. The molecule has 430 valence electrons. The zero-order valence-electron chi connectivity index (χ0n) is 48.0. The summed E-state index contributed by atoms with van der Waals surface area (Å²) in [6.07, 6.45) is 81.5. The summed E-state index contributed by atoms with van der Waals surface area (Å²) in [5.74, 6) is -0.836. The van der Waals surface area contributed by atoms with E-state index in [4.69, 9.17) is 24.3 Å². The number of unbranched alkanes of at least 4 members (excludes halogenated alkanes) is 25. The van der Waals surface area contributed by atoms with Crippen LogP contribution < -0.4 is 5.73 Å². The number of allylic oxidation sites excluding steroid dienone is 18. The molecule has 0 saturated carbocycles. The molecule has 2 unspecified atom stereocenters. The second-order valence-electron chi connectivity index (χ2n) is 19.8. The third kappa shape index (κ3) is 59.8. The van der Waals surface area contributed by atoms with Gasteiger partial charge in [-0.1, -0.05) is 252 Å². The van der Waals surface area contributed by atoms with Crippen LogP contribution in [0.5, 0.6) is 0 Å². The minimum Gasteiger partial charge on any atom is -0.462 e. The molecular weight excluding hydrogens is 954 g/mol. The van der Waals surface area contributed by atoms with Gasteiger partial charge in [0.2, 0.25) is 0 Å². The summed E-state index contributed by atoms with van der Waals surface area (Å²) in [7, 11) is -4.39. The van der Waals surface area contributed by atoms with Gasteiger partial charge in [-0.15, -0.1) is 0 Å². The molecule has 0 heterocycles. The van der Waals surface area contributed by atoms with E-state index in [-0.39, 0.29) is 38.6 Å². The highest BCUT2D eigenvalue weighted by Crippen LogP contribution is 2.43. The largest absolute Gasteiger partial charge is 0.472 e. The normalized spacial score (nSPS) is 13.8. The van der Waals surface area contributed by atoms with Crippen LogP contribution in [0, 0.1) is 0 Å². The minimum absolute atomic E-state index is 0.0487. The molecule has 9 nitrogen and oxygen atoms in total. The van der Waals surface area contributed by atoms with Gasteiger partial charge in [0, 0.05) is 19.4 Å². The predicted octanol–water partition coefficient (Wildman–Crippen LogP) is 19.4. The van der Waals surface area contributed by atoms with Gasteiger partial charge in [-0.2, -0.15) is 0 Å². The molecule has 0 aromatic heterocycles. The molecule has 0 radical (unpaired) electrons. The van der Waals surface area contributed by atoms with Gasteiger partial charge in [-0.3, -0.25) is 18.6 Å². The Morgan fingerprint density at radius 2 is 0.733 bits per heavy atom. The Kier molecular flexibility index (Phi) is 57.2. The SMILES string of the molecule is CC/C=C\C/C=C\C/C=C\C/C=C\C/C=C\C/C=C\C/C=C\CCCCCCCCCCCCCCCCCC(=O)OC(COC(=O)CCCCCCCCC/C=C\C/C=C\CCCCC)COP(=O)(O)OCCN. The maximum atomic E-state index is 12.7. The van der Waals surface area contributed by atoms with Crippen LogP contribution in [-0.4, -0.2) is 49.3 Å². The molecular formula is C65H112NO8P. The summed E-state index contributed by atoms with van der Waals surface area (Å²) in [5, 5.41) is 0. The Hall–Kier alpha value is -3.33. The van der Waals surface area contributed by atoms with Crippen LogP contribution in [0.2, 0.25) is 0 Å². The molecule has 2 atom stereocenters. The summed E-state index contributed by atoms with van der Waals surface area (Å²) in [4.78, 5) is 35.2. The Bertz CT molecular complexity index is 1590. The molecule has 3 N–H and O–H groups in total. The molecule has 0 fully saturated rings. The molecule has 0 bridgehead atoms. The third-order valence-electron chi connectivity index (χ3n) is 12.6. The molecule has 0 saturated heterocycles. The first-order chi connectivity index (χ1) is 36.8. The molecule has 0 aliphatic heterocycles. The van der Waals surface area contributed by atoms with Crippen LogP contribution in [0.4, 0.5) is 0 Å². The fourth-order valence-electron chi connectivity index (χ4n) is 8.18. The number of carbonyl (C=O) groups excluding carboxylic acids is 2. The smallest absolute Gasteiger partial charge is 0.462 e. The Morgan fingerprint density at radius 3 is 1.09 bits per heavy atom. The van der Waals surface area contributed by atoms with Gasteiger partial charge in [-0.05, 0) is 103 Å². The van der Waals surface area contributed by atoms with Crippen molar-refractivity contribution in [2.24, 2.45) is 5.73 Å². The van der Waals surface area contributed by atoms with Gasteiger partial charge < -0.3 is 20.1 Å². The van der Waals surface area contributed by atoms with Crippen molar-refractivity contribution < 1.29 is 37.6 Å². The predicted molar refractivity (Wildman–Crippen MR) is 321 cm³/mol. The van der Waals surface area contributed by atoms with Gasteiger partial charge in [0.1, 0.15) is 6.61 Å². The fourth-order valence-corrected chi connectivity index (χ4v) is 8.94. The van der Waals surface area contributed by atoms with E-state index >= 15 is 0 Å². The van der Waals surface area contributed by atoms with Crippen LogP contribution in [-0.2, 0) is 32.7 Å². The summed E-state index contributed by atoms with van der Waals surface area (Å²) in [5.41, 5.74) is 5.38. The first-order valence-corrected chi connectivity index (χ1v) is 31.9. The standard InChI is InChI=1S/C65H112NO8P/c1-3-5-7-9-11-13-15-17-19-21-22-23-24-25-26-27-28-29-30-31-32-33-34-35-36-37-38-39-40-42-44-46-48-50-52-54-56-58-65(68)74-63(62-73-75(69,70)72-60-59-66)61-71-64(67)57-55-53-51-49-47-45-43-41-20-18-16-14-12-10-8-6-4-2/h5,7,11-14,17-20,22-23,25-26,28-29,31-32,63H,3-4,6,8-10,15-16,21,24,27,30,33-62,66H2,1-2H3,(H,69,70)/b7-5-,13-11-,14-12-,19-17-,20-18-,23-22-,26-25-,29-28-,32-31-. The average Bonchev–Trinajstić information content (AvgIpc) is 3.40. The summed E-state index contributed by atoms with van der Waals surface area (Å²) in [6, 6.07) is 0. The molecule has 0 aromatic carbocycles. The average molecular weight is 1070 g/mol. The van der Waals surface area contributed by atoms with Crippen LogP contribution in [0.15, 0.2) is 109 Å². The number of carbonyl (C=O) groups is 2. The summed E-state index contributed by atoms with van der Waals surface area (Å²) >= 11 is 0. The van der Waals surface area contributed by atoms with Crippen LogP contribution in [0.1, 0.15) is 258 Å². The Labute approximate surface area is 460 Å². The second-order valence-corrected chi connectivity index (χ2v) is 21.3. The number of ether oxygens (including phenoxy) is 2. The lowest BCUT2D eigenvalue weighted by Crippen LogP contribution is -2.29. The number of esters is 2. The maximum Gasteiger partial charge on any atom is 0.472 e. The molecule has 0 aliphatic rings. The lowest BCUT2D eigenvalue weighted by Gasteiger charge is -2.19. The van der Waals surface area contributed by atoms with Crippen molar-refractivity contribution in [3.05, 3.63) is 109 Å². The fraction of sp³-hybridized carbons (Fsp3) is 0.692. The number of phosphoric ester groups is 1. The highest BCUT2D eigenvalue weighted by Gasteiger charge is 2.26. The lowest BCUT2D eigenvalue weighted by atomic mass is 10.0. The van der Waals surface area contributed by atoms with Crippen molar-refractivity contribution in [1.29, 1.82) is 0 Å². The van der Waals surface area contributed by atoms with Crippen molar-refractivity contribution >= 4 is 19.8 Å². The zero-order valence-corrected chi connectivity index (χ0v) is 48.9. The molecule has 0 aliphatic carbocycles. The van der Waals surface area contributed by atoms with Gasteiger partial charge in [-0.25, -0.2) is 4.57 Å². The van der Waals surface area contributed by atoms with E-state index in [1.807, 2.05) is 0 Å².